The Hall–Kier alpha value is -0.320. The number of carbonyl (C=O) groups excluding carboxylic acids is 1. The van der Waals surface area contributed by atoms with E-state index in [1.54, 1.807) is 11.3 Å². The van der Waals surface area contributed by atoms with E-state index in [0.717, 1.165) is 30.1 Å². The average Bonchev–Trinajstić information content (AvgIpc) is 2.65. The molecule has 2 rings (SSSR count). The minimum Gasteiger partial charge on any atom is -0.295 e. The number of aryl methyl sites for hydroxylation is 1. The molecule has 0 aliphatic carbocycles. The standard InChI is InChI=1S/C14H21NOS2/c1-11-4-5-13(18-11)12(16)10-15-7-6-14(2,3)17-9-8-15/h4-5H,6-10H2,1-3H3. The van der Waals surface area contributed by atoms with Crippen LogP contribution in [-0.4, -0.2) is 40.8 Å². The average molecular weight is 283 g/mol. The highest BCUT2D eigenvalue weighted by atomic mass is 32.2. The maximum Gasteiger partial charge on any atom is 0.186 e. The van der Waals surface area contributed by atoms with Gasteiger partial charge in [0.05, 0.1) is 11.4 Å². The summed E-state index contributed by atoms with van der Waals surface area (Å²) in [6.07, 6.45) is 1.16. The van der Waals surface area contributed by atoms with Crippen molar-refractivity contribution in [1.29, 1.82) is 0 Å². The largest absolute Gasteiger partial charge is 0.295 e. The third-order valence-corrected chi connectivity index (χ3v) is 5.73. The second-order valence-electron chi connectivity index (χ2n) is 5.47. The topological polar surface area (TPSA) is 20.3 Å². The molecule has 0 saturated carbocycles. The molecule has 0 unspecified atom stereocenters. The molecule has 18 heavy (non-hydrogen) atoms. The summed E-state index contributed by atoms with van der Waals surface area (Å²) in [6.45, 7) is 9.29. The first-order valence-electron chi connectivity index (χ1n) is 6.42. The van der Waals surface area contributed by atoms with Crippen LogP contribution in [0.1, 0.15) is 34.8 Å². The van der Waals surface area contributed by atoms with E-state index in [0.29, 0.717) is 11.3 Å². The van der Waals surface area contributed by atoms with Crippen molar-refractivity contribution in [3.05, 3.63) is 21.9 Å². The lowest BCUT2D eigenvalue weighted by Crippen LogP contribution is -2.32. The predicted octanol–water partition coefficient (Wildman–Crippen LogP) is 3.46. The normalized spacial score (nSPS) is 20.6. The van der Waals surface area contributed by atoms with Gasteiger partial charge in [0.25, 0.3) is 0 Å². The number of hydrogen-bond acceptors (Lipinski definition) is 4. The fourth-order valence-corrected chi connectivity index (χ4v) is 4.02. The molecule has 1 aliphatic heterocycles. The molecule has 0 radical (unpaired) electrons. The van der Waals surface area contributed by atoms with E-state index in [2.05, 4.69) is 18.7 Å². The van der Waals surface area contributed by atoms with Crippen molar-refractivity contribution in [2.75, 3.05) is 25.4 Å². The van der Waals surface area contributed by atoms with E-state index in [1.165, 1.54) is 4.88 Å². The third kappa shape index (κ3) is 3.84. The maximum absolute atomic E-state index is 12.2. The van der Waals surface area contributed by atoms with E-state index in [4.69, 9.17) is 0 Å². The Balaban J connectivity index is 1.91. The molecule has 0 N–H and O–H groups in total. The Morgan fingerprint density at radius 1 is 1.39 bits per heavy atom. The summed E-state index contributed by atoms with van der Waals surface area (Å²) < 4.78 is 0.358. The summed E-state index contributed by atoms with van der Waals surface area (Å²) >= 11 is 3.63. The predicted molar refractivity (Wildman–Crippen MR) is 81.0 cm³/mol. The van der Waals surface area contributed by atoms with Gasteiger partial charge in [-0.15, -0.1) is 11.3 Å². The van der Waals surface area contributed by atoms with E-state index >= 15 is 0 Å². The second-order valence-corrected chi connectivity index (χ2v) is 8.56. The van der Waals surface area contributed by atoms with E-state index in [9.17, 15) is 4.79 Å². The van der Waals surface area contributed by atoms with Gasteiger partial charge in [-0.05, 0) is 32.0 Å². The summed E-state index contributed by atoms with van der Waals surface area (Å²) in [5.41, 5.74) is 0. The first-order chi connectivity index (χ1) is 8.46. The molecular weight excluding hydrogens is 262 g/mol. The van der Waals surface area contributed by atoms with E-state index < -0.39 is 0 Å². The van der Waals surface area contributed by atoms with Crippen molar-refractivity contribution >= 4 is 28.9 Å². The molecule has 1 fully saturated rings. The smallest absolute Gasteiger partial charge is 0.186 e. The third-order valence-electron chi connectivity index (χ3n) is 3.31. The van der Waals surface area contributed by atoms with Gasteiger partial charge < -0.3 is 0 Å². The highest BCUT2D eigenvalue weighted by Gasteiger charge is 2.24. The van der Waals surface area contributed by atoms with E-state index in [-0.39, 0.29) is 5.78 Å². The van der Waals surface area contributed by atoms with Crippen molar-refractivity contribution in [2.45, 2.75) is 31.9 Å². The lowest BCUT2D eigenvalue weighted by atomic mass is 10.1. The van der Waals surface area contributed by atoms with Crippen molar-refractivity contribution < 1.29 is 4.79 Å². The van der Waals surface area contributed by atoms with Gasteiger partial charge in [0.1, 0.15) is 0 Å². The van der Waals surface area contributed by atoms with Crippen LogP contribution in [-0.2, 0) is 0 Å². The van der Waals surface area contributed by atoms with Gasteiger partial charge in [0.2, 0.25) is 0 Å². The SMILES string of the molecule is Cc1ccc(C(=O)CN2CCSC(C)(C)CC2)s1. The Bertz CT molecular complexity index is 425. The molecule has 0 atom stereocenters. The molecule has 1 aliphatic rings. The number of Topliss-reactive ketones (excluding diaryl/α,β-unsaturated/α-hetero) is 1. The van der Waals surface area contributed by atoms with Crippen LogP contribution in [0.15, 0.2) is 12.1 Å². The molecule has 0 aromatic carbocycles. The lowest BCUT2D eigenvalue weighted by Gasteiger charge is -2.22. The van der Waals surface area contributed by atoms with Crippen molar-refractivity contribution in [1.82, 2.24) is 4.90 Å². The number of thioether (sulfide) groups is 1. The van der Waals surface area contributed by atoms with Crippen LogP contribution in [0, 0.1) is 6.92 Å². The number of thiophene rings is 1. The summed E-state index contributed by atoms with van der Waals surface area (Å²) in [5, 5.41) is 0. The van der Waals surface area contributed by atoms with Gasteiger partial charge in [-0.3, -0.25) is 9.69 Å². The van der Waals surface area contributed by atoms with Gasteiger partial charge >= 0.3 is 0 Å². The Morgan fingerprint density at radius 2 is 2.17 bits per heavy atom. The highest BCUT2D eigenvalue weighted by molar-refractivity contribution is 8.00. The molecule has 0 amide bonds. The molecule has 4 heteroatoms. The molecule has 2 nitrogen and oxygen atoms in total. The van der Waals surface area contributed by atoms with Gasteiger partial charge in [0, 0.05) is 21.9 Å². The molecule has 1 aromatic rings. The second kappa shape index (κ2) is 5.76. The maximum atomic E-state index is 12.2. The molecule has 0 spiro atoms. The Kier molecular flexibility index (Phi) is 4.51. The van der Waals surface area contributed by atoms with Crippen molar-refractivity contribution in [2.24, 2.45) is 0 Å². The number of rotatable bonds is 3. The highest BCUT2D eigenvalue weighted by Crippen LogP contribution is 2.30. The first-order valence-corrected chi connectivity index (χ1v) is 8.22. The first kappa shape index (κ1) is 14.1. The van der Waals surface area contributed by atoms with E-state index in [1.807, 2.05) is 30.8 Å². The van der Waals surface area contributed by atoms with Crippen LogP contribution in [0.4, 0.5) is 0 Å². The number of carbonyl (C=O) groups is 1. The number of hydrogen-bond donors (Lipinski definition) is 0. The monoisotopic (exact) mass is 283 g/mol. The van der Waals surface area contributed by atoms with Crippen LogP contribution in [0.25, 0.3) is 0 Å². The minimum absolute atomic E-state index is 0.276. The molecule has 2 heterocycles. The quantitative estimate of drug-likeness (QED) is 0.792. The molecule has 1 saturated heterocycles. The fourth-order valence-electron chi connectivity index (χ4n) is 2.09. The summed E-state index contributed by atoms with van der Waals surface area (Å²) in [4.78, 5) is 16.6. The summed E-state index contributed by atoms with van der Waals surface area (Å²) in [5.74, 6) is 1.40. The molecule has 100 valence electrons. The molecular formula is C14H21NOS2. The van der Waals surface area contributed by atoms with Gasteiger partial charge in [-0.2, -0.15) is 11.8 Å². The molecule has 1 aromatic heterocycles. The van der Waals surface area contributed by atoms with Crippen LogP contribution in [0.5, 0.6) is 0 Å². The molecule has 0 bridgehead atoms. The number of ketones is 1. The Morgan fingerprint density at radius 3 is 2.83 bits per heavy atom. The van der Waals surface area contributed by atoms with Crippen LogP contribution < -0.4 is 0 Å². The summed E-state index contributed by atoms with van der Waals surface area (Å²) in [6, 6.07) is 3.98. The minimum atomic E-state index is 0.276. The zero-order valence-electron chi connectivity index (χ0n) is 11.4. The van der Waals surface area contributed by atoms with Gasteiger partial charge in [0.15, 0.2) is 5.78 Å². The van der Waals surface area contributed by atoms with Crippen LogP contribution in [0.2, 0.25) is 0 Å². The van der Waals surface area contributed by atoms with Gasteiger partial charge in [-0.1, -0.05) is 13.8 Å². The summed E-state index contributed by atoms with van der Waals surface area (Å²) in [7, 11) is 0. The van der Waals surface area contributed by atoms with Crippen molar-refractivity contribution in [3.8, 4) is 0 Å². The zero-order valence-corrected chi connectivity index (χ0v) is 13.0. The zero-order chi connectivity index (χ0) is 13.2. The van der Waals surface area contributed by atoms with Crippen LogP contribution >= 0.6 is 23.1 Å². The fraction of sp³-hybridized carbons (Fsp3) is 0.643. The van der Waals surface area contributed by atoms with Crippen molar-refractivity contribution in [3.63, 3.8) is 0 Å². The lowest BCUT2D eigenvalue weighted by molar-refractivity contribution is 0.0938. The Labute approximate surface area is 118 Å². The van der Waals surface area contributed by atoms with Crippen LogP contribution in [0.3, 0.4) is 0 Å². The van der Waals surface area contributed by atoms with Gasteiger partial charge in [-0.25, -0.2) is 0 Å². The number of nitrogens with zero attached hydrogens (tertiary/aromatic N) is 1.